The van der Waals surface area contributed by atoms with Crippen LogP contribution in [0.3, 0.4) is 0 Å². The molecule has 0 bridgehead atoms. The van der Waals surface area contributed by atoms with E-state index < -0.39 is 0 Å². The maximum Gasteiger partial charge on any atom is 0.324 e. The Labute approximate surface area is 166 Å². The Kier molecular flexibility index (Phi) is 4.12. The lowest BCUT2D eigenvalue weighted by Crippen LogP contribution is -2.22. The number of anilines is 2. The van der Waals surface area contributed by atoms with Crippen LogP contribution >= 0.6 is 11.8 Å². The lowest BCUT2D eigenvalue weighted by atomic mass is 10.2. The van der Waals surface area contributed by atoms with Crippen molar-refractivity contribution in [3.63, 3.8) is 0 Å². The number of urea groups is 1. The molecule has 2 amide bonds. The molecule has 0 fully saturated rings. The molecule has 0 saturated heterocycles. The van der Waals surface area contributed by atoms with Gasteiger partial charge in [0.25, 0.3) is 0 Å². The maximum atomic E-state index is 12.7. The summed E-state index contributed by atoms with van der Waals surface area (Å²) in [6.45, 7) is 2.23. The smallest absolute Gasteiger partial charge is 0.324 e. The van der Waals surface area contributed by atoms with E-state index in [1.807, 2.05) is 35.9 Å². The number of carbonyl (C=O) groups excluding carboxylic acids is 1. The van der Waals surface area contributed by atoms with Crippen molar-refractivity contribution in [2.24, 2.45) is 0 Å². The van der Waals surface area contributed by atoms with Gasteiger partial charge in [-0.2, -0.15) is 16.9 Å². The van der Waals surface area contributed by atoms with E-state index in [4.69, 9.17) is 14.6 Å². The summed E-state index contributed by atoms with van der Waals surface area (Å²) >= 11 is 1.80. The minimum Gasteiger partial charge on any atom is -0.454 e. The van der Waals surface area contributed by atoms with Crippen LogP contribution in [0.4, 0.5) is 16.3 Å². The first-order chi connectivity index (χ1) is 13.7. The molecule has 2 aliphatic heterocycles. The molecule has 0 atom stereocenters. The molecular formula is C20H18N4O3S. The molecule has 5 rings (SSSR count). The number of fused-ring (bicyclic) bond motifs is 2. The normalized spacial score (nSPS) is 14.0. The van der Waals surface area contributed by atoms with Crippen LogP contribution in [0.15, 0.2) is 42.5 Å². The number of thioether (sulfide) groups is 1. The zero-order valence-electron chi connectivity index (χ0n) is 15.2. The molecule has 0 saturated carbocycles. The predicted molar refractivity (Wildman–Crippen MR) is 109 cm³/mol. The zero-order chi connectivity index (χ0) is 19.1. The monoisotopic (exact) mass is 394 g/mol. The number of rotatable bonds is 3. The predicted octanol–water partition coefficient (Wildman–Crippen LogP) is 4.30. The fraction of sp³-hybridized carbons (Fsp3) is 0.200. The van der Waals surface area contributed by atoms with E-state index in [2.05, 4.69) is 10.6 Å². The summed E-state index contributed by atoms with van der Waals surface area (Å²) in [7, 11) is 0. The lowest BCUT2D eigenvalue weighted by Gasteiger charge is -2.13. The average molecular weight is 394 g/mol. The highest BCUT2D eigenvalue weighted by Crippen LogP contribution is 2.37. The van der Waals surface area contributed by atoms with Gasteiger partial charge in [-0.25, -0.2) is 9.48 Å². The molecule has 2 N–H and O–H groups in total. The van der Waals surface area contributed by atoms with Crippen LogP contribution in [0.1, 0.15) is 16.8 Å². The molecule has 2 aromatic carbocycles. The minimum atomic E-state index is -0.326. The van der Waals surface area contributed by atoms with E-state index in [1.165, 1.54) is 0 Å². The molecule has 3 aromatic rings. The van der Waals surface area contributed by atoms with Crippen molar-refractivity contribution in [3.05, 3.63) is 59.3 Å². The number of hydrogen-bond donors (Lipinski definition) is 2. The summed E-state index contributed by atoms with van der Waals surface area (Å²) in [6, 6.07) is 13.0. The molecule has 8 heteroatoms. The lowest BCUT2D eigenvalue weighted by molar-refractivity contribution is 0.174. The number of aryl methyl sites for hydroxylation is 1. The molecule has 0 unspecified atom stereocenters. The Morgan fingerprint density at radius 3 is 2.86 bits per heavy atom. The van der Waals surface area contributed by atoms with Gasteiger partial charge in [-0.1, -0.05) is 18.2 Å². The summed E-state index contributed by atoms with van der Waals surface area (Å²) in [6.07, 6.45) is 0. The van der Waals surface area contributed by atoms with Crippen LogP contribution < -0.4 is 20.1 Å². The number of hydrogen-bond acceptors (Lipinski definition) is 5. The van der Waals surface area contributed by atoms with Gasteiger partial charge in [-0.3, -0.25) is 5.32 Å². The summed E-state index contributed by atoms with van der Waals surface area (Å²) < 4.78 is 12.5. The minimum absolute atomic E-state index is 0.199. The van der Waals surface area contributed by atoms with E-state index in [9.17, 15) is 4.79 Å². The van der Waals surface area contributed by atoms with Gasteiger partial charge in [0.15, 0.2) is 11.5 Å². The van der Waals surface area contributed by atoms with E-state index in [0.29, 0.717) is 23.0 Å². The highest BCUT2D eigenvalue weighted by molar-refractivity contribution is 7.98. The van der Waals surface area contributed by atoms with Gasteiger partial charge < -0.3 is 14.8 Å². The Morgan fingerprint density at radius 1 is 1.11 bits per heavy atom. The standard InChI is InChI=1S/C20H18N4O3S/c1-12-4-2-3-5-16(12)24-19(14-9-28-10-15(14)23-24)22-20(25)21-13-6-7-17-18(8-13)27-11-26-17/h2-8H,9-11H2,1H3,(H2,21,22,25). The first-order valence-corrected chi connectivity index (χ1v) is 10.1. The number of nitrogens with one attached hydrogen (secondary N) is 2. The fourth-order valence-electron chi connectivity index (χ4n) is 3.36. The third-order valence-electron chi connectivity index (χ3n) is 4.76. The van der Waals surface area contributed by atoms with Gasteiger partial charge in [0.1, 0.15) is 5.82 Å². The Balaban J connectivity index is 1.43. The molecule has 3 heterocycles. The van der Waals surface area contributed by atoms with Crippen LogP contribution in [0, 0.1) is 6.92 Å². The van der Waals surface area contributed by atoms with Gasteiger partial charge >= 0.3 is 6.03 Å². The second kappa shape index (κ2) is 6.79. The van der Waals surface area contributed by atoms with Crippen LogP contribution in [0.2, 0.25) is 0 Å². The summed E-state index contributed by atoms with van der Waals surface area (Å²) in [4.78, 5) is 12.7. The summed E-state index contributed by atoms with van der Waals surface area (Å²) in [5, 5.41) is 10.6. The molecule has 2 aliphatic rings. The first kappa shape index (κ1) is 17.0. The van der Waals surface area contributed by atoms with Gasteiger partial charge in [0.05, 0.1) is 11.4 Å². The van der Waals surface area contributed by atoms with Gasteiger partial charge in [-0.05, 0) is 30.7 Å². The first-order valence-electron chi connectivity index (χ1n) is 8.91. The molecule has 7 nitrogen and oxygen atoms in total. The fourth-order valence-corrected chi connectivity index (χ4v) is 4.40. The molecular weight excluding hydrogens is 376 g/mol. The van der Waals surface area contributed by atoms with Crippen molar-refractivity contribution in [1.82, 2.24) is 9.78 Å². The zero-order valence-corrected chi connectivity index (χ0v) is 16.0. The number of ether oxygens (including phenoxy) is 2. The van der Waals surface area contributed by atoms with Crippen LogP contribution in [0.25, 0.3) is 5.69 Å². The number of nitrogens with zero attached hydrogens (tertiary/aromatic N) is 2. The van der Waals surface area contributed by atoms with E-state index in [-0.39, 0.29) is 12.8 Å². The maximum absolute atomic E-state index is 12.7. The topological polar surface area (TPSA) is 77.4 Å². The van der Waals surface area contributed by atoms with Gasteiger partial charge in [0, 0.05) is 28.8 Å². The van der Waals surface area contributed by atoms with Crippen molar-refractivity contribution < 1.29 is 14.3 Å². The van der Waals surface area contributed by atoms with Crippen LogP contribution in [-0.2, 0) is 11.5 Å². The number of amides is 2. The summed E-state index contributed by atoms with van der Waals surface area (Å²) in [5.74, 6) is 3.71. The summed E-state index contributed by atoms with van der Waals surface area (Å²) in [5.41, 5.74) is 4.78. The second-order valence-corrected chi connectivity index (χ2v) is 7.60. The number of carbonyl (C=O) groups is 1. The molecule has 28 heavy (non-hydrogen) atoms. The Hall–Kier alpha value is -3.13. The van der Waals surface area contributed by atoms with Crippen molar-refractivity contribution in [3.8, 4) is 17.2 Å². The quantitative estimate of drug-likeness (QED) is 0.693. The van der Waals surface area contributed by atoms with Gasteiger partial charge in [0.2, 0.25) is 6.79 Å². The van der Waals surface area contributed by atoms with E-state index in [0.717, 1.165) is 34.0 Å². The molecule has 142 valence electrons. The third-order valence-corrected chi connectivity index (χ3v) is 5.73. The molecule has 0 aliphatic carbocycles. The van der Waals surface area contributed by atoms with Crippen molar-refractivity contribution >= 4 is 29.3 Å². The number of benzene rings is 2. The average Bonchev–Trinajstić information content (AvgIpc) is 3.39. The van der Waals surface area contributed by atoms with E-state index in [1.54, 1.807) is 30.0 Å². The third kappa shape index (κ3) is 2.95. The van der Waals surface area contributed by atoms with Crippen molar-refractivity contribution in [2.75, 3.05) is 17.4 Å². The van der Waals surface area contributed by atoms with Crippen molar-refractivity contribution in [2.45, 2.75) is 18.4 Å². The number of para-hydroxylation sites is 1. The SMILES string of the molecule is Cc1ccccc1-n1nc2c(c1NC(=O)Nc1ccc3c(c1)OCO3)CSC2. The Morgan fingerprint density at radius 2 is 1.96 bits per heavy atom. The molecule has 1 aromatic heterocycles. The van der Waals surface area contributed by atoms with Crippen LogP contribution in [0.5, 0.6) is 11.5 Å². The van der Waals surface area contributed by atoms with Gasteiger partial charge in [-0.15, -0.1) is 0 Å². The van der Waals surface area contributed by atoms with E-state index >= 15 is 0 Å². The van der Waals surface area contributed by atoms with Crippen molar-refractivity contribution in [1.29, 1.82) is 0 Å². The number of aromatic nitrogens is 2. The largest absolute Gasteiger partial charge is 0.454 e. The highest BCUT2D eigenvalue weighted by atomic mass is 32.2. The Bertz CT molecular complexity index is 1080. The molecule has 0 spiro atoms. The molecule has 0 radical (unpaired) electrons. The second-order valence-electron chi connectivity index (χ2n) is 6.61. The highest BCUT2D eigenvalue weighted by Gasteiger charge is 2.25. The van der Waals surface area contributed by atoms with Crippen LogP contribution in [-0.4, -0.2) is 22.6 Å².